The lowest BCUT2D eigenvalue weighted by Gasteiger charge is -2.46. The van der Waals surface area contributed by atoms with Crippen molar-refractivity contribution in [2.24, 2.45) is 35.5 Å². The molecule has 4 rings (SSSR count). The molecule has 0 bridgehead atoms. The van der Waals surface area contributed by atoms with Crippen molar-refractivity contribution < 1.29 is 13.9 Å². The molecule has 4 atom stereocenters. The van der Waals surface area contributed by atoms with Crippen molar-refractivity contribution in [3.05, 3.63) is 41.7 Å². The second-order valence-electron chi connectivity index (χ2n) is 10.6. The molecule has 0 spiro atoms. The van der Waals surface area contributed by atoms with E-state index in [4.69, 9.17) is 10.00 Å². The molecule has 33 heavy (non-hydrogen) atoms. The Kier molecular flexibility index (Phi) is 8.23. The highest BCUT2D eigenvalue weighted by Gasteiger charge is 2.43. The molecular formula is C29H38FNO2. The number of halogens is 1. The molecule has 0 aromatic heterocycles. The van der Waals surface area contributed by atoms with Crippen LogP contribution in [0.5, 0.6) is 5.75 Å². The van der Waals surface area contributed by atoms with E-state index in [-0.39, 0.29) is 23.2 Å². The largest absolute Gasteiger partial charge is 0.423 e. The summed E-state index contributed by atoms with van der Waals surface area (Å²) < 4.78 is 19.7. The molecule has 0 radical (unpaired) electrons. The molecule has 3 nitrogen and oxygen atoms in total. The van der Waals surface area contributed by atoms with Crippen LogP contribution in [0.1, 0.15) is 89.5 Å². The van der Waals surface area contributed by atoms with Crippen LogP contribution in [0.25, 0.3) is 0 Å². The SMILES string of the molecule is C/C=C/CCC1CCC(C2CCC3C(CCCC3C(=O)Oc3ccc(C#N)cc3F)C2)CC1. The molecule has 3 aliphatic carbocycles. The number of carbonyl (C=O) groups is 1. The second-order valence-corrected chi connectivity index (χ2v) is 10.6. The van der Waals surface area contributed by atoms with Gasteiger partial charge in [-0.3, -0.25) is 4.79 Å². The van der Waals surface area contributed by atoms with E-state index in [1.165, 1.54) is 69.9 Å². The van der Waals surface area contributed by atoms with Crippen LogP contribution in [0.4, 0.5) is 4.39 Å². The predicted octanol–water partition coefficient (Wildman–Crippen LogP) is 7.60. The van der Waals surface area contributed by atoms with Crippen molar-refractivity contribution >= 4 is 5.97 Å². The summed E-state index contributed by atoms with van der Waals surface area (Å²) in [5, 5.41) is 8.91. The van der Waals surface area contributed by atoms with Gasteiger partial charge < -0.3 is 4.74 Å². The maximum atomic E-state index is 14.2. The second kappa shape index (κ2) is 11.3. The minimum Gasteiger partial charge on any atom is -0.423 e. The zero-order valence-corrected chi connectivity index (χ0v) is 20.0. The highest BCUT2D eigenvalue weighted by atomic mass is 19.1. The number of nitriles is 1. The van der Waals surface area contributed by atoms with Crippen LogP contribution in [0, 0.1) is 52.7 Å². The summed E-state index contributed by atoms with van der Waals surface area (Å²) in [6, 6.07) is 5.94. The van der Waals surface area contributed by atoms with E-state index in [0.717, 1.165) is 43.1 Å². The lowest BCUT2D eigenvalue weighted by molar-refractivity contribution is -0.144. The van der Waals surface area contributed by atoms with Crippen LogP contribution in [0.3, 0.4) is 0 Å². The van der Waals surface area contributed by atoms with Gasteiger partial charge in [-0.25, -0.2) is 4.39 Å². The molecule has 0 N–H and O–H groups in total. The van der Waals surface area contributed by atoms with E-state index in [9.17, 15) is 9.18 Å². The van der Waals surface area contributed by atoms with Crippen molar-refractivity contribution in [2.45, 2.75) is 84.0 Å². The van der Waals surface area contributed by atoms with Gasteiger partial charge in [0.1, 0.15) is 0 Å². The lowest BCUT2D eigenvalue weighted by atomic mass is 9.59. The third-order valence-electron chi connectivity index (χ3n) is 8.80. The topological polar surface area (TPSA) is 50.1 Å². The number of hydrogen-bond acceptors (Lipinski definition) is 3. The van der Waals surface area contributed by atoms with E-state index < -0.39 is 5.82 Å². The number of esters is 1. The number of carbonyl (C=O) groups excluding carboxylic acids is 1. The summed E-state index contributed by atoms with van der Waals surface area (Å²) in [6.45, 7) is 2.11. The Morgan fingerprint density at radius 2 is 1.88 bits per heavy atom. The van der Waals surface area contributed by atoms with Crippen LogP contribution in [0.2, 0.25) is 0 Å². The summed E-state index contributed by atoms with van der Waals surface area (Å²) >= 11 is 0. The molecule has 4 heteroatoms. The fourth-order valence-electron chi connectivity index (χ4n) is 7.00. The van der Waals surface area contributed by atoms with Gasteiger partial charge in [-0.1, -0.05) is 37.8 Å². The zero-order valence-electron chi connectivity index (χ0n) is 20.0. The van der Waals surface area contributed by atoms with Crippen LogP contribution in [-0.4, -0.2) is 5.97 Å². The molecule has 0 saturated heterocycles. The van der Waals surface area contributed by atoms with E-state index >= 15 is 0 Å². The molecule has 3 aliphatic rings. The van der Waals surface area contributed by atoms with E-state index in [2.05, 4.69) is 19.1 Å². The summed E-state index contributed by atoms with van der Waals surface area (Å²) in [5.41, 5.74) is 0.232. The fourth-order valence-corrected chi connectivity index (χ4v) is 7.00. The minimum atomic E-state index is -0.639. The number of hydrogen-bond donors (Lipinski definition) is 0. The van der Waals surface area contributed by atoms with Gasteiger partial charge in [0, 0.05) is 0 Å². The number of rotatable bonds is 6. The van der Waals surface area contributed by atoms with Gasteiger partial charge in [-0.05, 0) is 106 Å². The van der Waals surface area contributed by atoms with Crippen molar-refractivity contribution in [1.29, 1.82) is 5.26 Å². The van der Waals surface area contributed by atoms with Crippen LogP contribution < -0.4 is 4.74 Å². The third-order valence-corrected chi connectivity index (χ3v) is 8.80. The first-order valence-corrected chi connectivity index (χ1v) is 13.1. The van der Waals surface area contributed by atoms with Crippen LogP contribution in [-0.2, 0) is 4.79 Å². The van der Waals surface area contributed by atoms with E-state index in [0.29, 0.717) is 11.8 Å². The smallest absolute Gasteiger partial charge is 0.314 e. The van der Waals surface area contributed by atoms with Crippen molar-refractivity contribution in [2.75, 3.05) is 0 Å². The Morgan fingerprint density at radius 1 is 1.09 bits per heavy atom. The summed E-state index contributed by atoms with van der Waals surface area (Å²) in [5.74, 6) is 2.47. The minimum absolute atomic E-state index is 0.0546. The van der Waals surface area contributed by atoms with Crippen molar-refractivity contribution in [3.63, 3.8) is 0 Å². The van der Waals surface area contributed by atoms with Gasteiger partial charge in [0.05, 0.1) is 17.6 Å². The molecular weight excluding hydrogens is 413 g/mol. The number of fused-ring (bicyclic) bond motifs is 1. The van der Waals surface area contributed by atoms with E-state index in [1.807, 2.05) is 6.07 Å². The normalized spacial score (nSPS) is 32.2. The van der Waals surface area contributed by atoms with Gasteiger partial charge in [0.25, 0.3) is 0 Å². The maximum Gasteiger partial charge on any atom is 0.314 e. The number of allylic oxidation sites excluding steroid dienone is 2. The number of nitrogens with zero attached hydrogens (tertiary/aromatic N) is 1. The Labute approximate surface area is 198 Å². The van der Waals surface area contributed by atoms with Gasteiger partial charge in [0.15, 0.2) is 11.6 Å². The molecule has 4 unspecified atom stereocenters. The standard InChI is InChI=1S/C29H38FNO2/c1-2-3-4-6-20-9-12-22(13-10-20)23-14-15-25-24(18-23)7-5-8-26(25)29(32)33-28-16-11-21(19-31)17-27(28)30/h2-3,11,16-17,20,22-26H,4-10,12-15,18H2,1H3/b3-2+. The molecule has 0 amide bonds. The summed E-state index contributed by atoms with van der Waals surface area (Å²) in [6.07, 6.45) is 19.3. The third kappa shape index (κ3) is 5.86. The van der Waals surface area contributed by atoms with Gasteiger partial charge >= 0.3 is 5.97 Å². The molecule has 1 aromatic rings. The molecule has 178 valence electrons. The highest BCUT2D eigenvalue weighted by molar-refractivity contribution is 5.75. The predicted molar refractivity (Wildman–Crippen MR) is 128 cm³/mol. The Bertz CT molecular complexity index is 880. The highest BCUT2D eigenvalue weighted by Crippen LogP contribution is 2.50. The molecule has 3 fully saturated rings. The zero-order chi connectivity index (χ0) is 23.2. The van der Waals surface area contributed by atoms with Crippen molar-refractivity contribution in [3.8, 4) is 11.8 Å². The van der Waals surface area contributed by atoms with Crippen molar-refractivity contribution in [1.82, 2.24) is 0 Å². The first-order chi connectivity index (χ1) is 16.1. The first-order valence-electron chi connectivity index (χ1n) is 13.1. The summed E-state index contributed by atoms with van der Waals surface area (Å²) in [4.78, 5) is 13.0. The molecule has 0 aliphatic heterocycles. The monoisotopic (exact) mass is 451 g/mol. The van der Waals surface area contributed by atoms with Gasteiger partial charge in [0.2, 0.25) is 0 Å². The lowest BCUT2D eigenvalue weighted by Crippen LogP contribution is -2.40. The molecule has 1 aromatic carbocycles. The number of ether oxygens (including phenoxy) is 1. The van der Waals surface area contributed by atoms with Crippen LogP contribution >= 0.6 is 0 Å². The average molecular weight is 452 g/mol. The van der Waals surface area contributed by atoms with Gasteiger partial charge in [-0.15, -0.1) is 0 Å². The van der Waals surface area contributed by atoms with E-state index in [1.54, 1.807) is 0 Å². The quantitative estimate of drug-likeness (QED) is 0.254. The van der Waals surface area contributed by atoms with Crippen LogP contribution in [0.15, 0.2) is 30.4 Å². The Hall–Kier alpha value is -2.15. The Morgan fingerprint density at radius 3 is 2.61 bits per heavy atom. The van der Waals surface area contributed by atoms with Gasteiger partial charge in [-0.2, -0.15) is 5.26 Å². The fraction of sp³-hybridized carbons (Fsp3) is 0.655. The maximum absolute atomic E-state index is 14.2. The average Bonchev–Trinajstić information content (AvgIpc) is 2.85. The Balaban J connectivity index is 1.30. The molecule has 3 saturated carbocycles. The summed E-state index contributed by atoms with van der Waals surface area (Å²) in [7, 11) is 0. The first kappa shape index (κ1) is 24.0. The molecule has 0 heterocycles. The number of benzene rings is 1.